The zero-order valence-electron chi connectivity index (χ0n) is 7.73. The Hall–Kier alpha value is -1.72. The minimum Gasteiger partial charge on any atom is -0.450 e. The molecule has 0 heterocycles. The van der Waals surface area contributed by atoms with Crippen molar-refractivity contribution in [3.8, 4) is 0 Å². The number of ether oxygens (including phenoxy) is 2. The van der Waals surface area contributed by atoms with Gasteiger partial charge in [0, 0.05) is 0 Å². The van der Waals surface area contributed by atoms with Crippen LogP contribution in [0.15, 0.2) is 12.7 Å². The van der Waals surface area contributed by atoms with Crippen LogP contribution in [0, 0.1) is 0 Å². The van der Waals surface area contributed by atoms with E-state index in [2.05, 4.69) is 16.1 Å². The fourth-order valence-electron chi connectivity index (χ4n) is 0.806. The monoisotopic (exact) mass is 204 g/mol. The first-order chi connectivity index (χ1) is 6.45. The molecule has 0 saturated heterocycles. The van der Waals surface area contributed by atoms with E-state index in [9.17, 15) is 9.59 Å². The van der Waals surface area contributed by atoms with Crippen molar-refractivity contribution in [3.05, 3.63) is 12.7 Å². The molecule has 0 aromatic carbocycles. The highest BCUT2D eigenvalue weighted by molar-refractivity contribution is 5.59. The van der Waals surface area contributed by atoms with E-state index in [1.54, 1.807) is 6.92 Å². The number of carbonyl (C=O) groups is 2. The SMILES string of the molecule is C=CC(CC)(COC(=O)O)OC(=O)O. The van der Waals surface area contributed by atoms with Gasteiger partial charge in [-0.25, -0.2) is 9.59 Å². The molecular weight excluding hydrogens is 192 g/mol. The van der Waals surface area contributed by atoms with Gasteiger partial charge in [0.1, 0.15) is 6.61 Å². The van der Waals surface area contributed by atoms with Crippen LogP contribution < -0.4 is 0 Å². The van der Waals surface area contributed by atoms with Crippen LogP contribution in [0.3, 0.4) is 0 Å². The van der Waals surface area contributed by atoms with Crippen molar-refractivity contribution in [1.82, 2.24) is 0 Å². The summed E-state index contributed by atoms with van der Waals surface area (Å²) in [5.41, 5.74) is -1.30. The molecule has 0 saturated carbocycles. The maximum absolute atomic E-state index is 10.3. The summed E-state index contributed by atoms with van der Waals surface area (Å²) >= 11 is 0. The summed E-state index contributed by atoms with van der Waals surface area (Å²) < 4.78 is 8.74. The molecule has 6 nitrogen and oxygen atoms in total. The average Bonchev–Trinajstić information content (AvgIpc) is 2.11. The van der Waals surface area contributed by atoms with Crippen LogP contribution in [0.4, 0.5) is 9.59 Å². The Balaban J connectivity index is 4.44. The van der Waals surface area contributed by atoms with Gasteiger partial charge >= 0.3 is 12.3 Å². The highest BCUT2D eigenvalue weighted by Crippen LogP contribution is 2.18. The summed E-state index contributed by atoms with van der Waals surface area (Å²) in [6.45, 7) is 4.61. The summed E-state index contributed by atoms with van der Waals surface area (Å²) in [6.07, 6.45) is -1.53. The van der Waals surface area contributed by atoms with Crippen LogP contribution in [-0.2, 0) is 9.47 Å². The second-order valence-corrected chi connectivity index (χ2v) is 2.55. The molecule has 0 aromatic rings. The molecular formula is C8H12O6. The highest BCUT2D eigenvalue weighted by atomic mass is 16.7. The van der Waals surface area contributed by atoms with Crippen LogP contribution in [0.5, 0.6) is 0 Å². The number of carboxylic acid groups (broad SMARTS) is 2. The Morgan fingerprint density at radius 1 is 1.43 bits per heavy atom. The Bertz CT molecular complexity index is 236. The molecule has 1 atom stereocenters. The molecule has 0 aliphatic rings. The lowest BCUT2D eigenvalue weighted by atomic mass is 10.0. The highest BCUT2D eigenvalue weighted by Gasteiger charge is 2.31. The molecule has 0 aromatic heterocycles. The molecule has 14 heavy (non-hydrogen) atoms. The van der Waals surface area contributed by atoms with E-state index in [0.717, 1.165) is 0 Å². The Labute approximate surface area is 80.7 Å². The third-order valence-corrected chi connectivity index (χ3v) is 1.70. The van der Waals surface area contributed by atoms with Gasteiger partial charge in [-0.1, -0.05) is 13.5 Å². The molecule has 0 spiro atoms. The van der Waals surface area contributed by atoms with E-state index in [-0.39, 0.29) is 6.42 Å². The largest absolute Gasteiger partial charge is 0.506 e. The van der Waals surface area contributed by atoms with Crippen LogP contribution in [-0.4, -0.2) is 34.7 Å². The molecule has 0 fully saturated rings. The summed E-state index contributed by atoms with van der Waals surface area (Å²) in [5, 5.41) is 16.6. The van der Waals surface area contributed by atoms with Crippen molar-refractivity contribution < 1.29 is 29.3 Å². The van der Waals surface area contributed by atoms with Gasteiger partial charge in [-0.05, 0) is 12.5 Å². The van der Waals surface area contributed by atoms with Crippen LogP contribution >= 0.6 is 0 Å². The van der Waals surface area contributed by atoms with E-state index < -0.39 is 24.5 Å². The maximum atomic E-state index is 10.3. The lowest BCUT2D eigenvalue weighted by molar-refractivity contribution is -0.0367. The fraction of sp³-hybridized carbons (Fsp3) is 0.500. The van der Waals surface area contributed by atoms with Crippen LogP contribution in [0.1, 0.15) is 13.3 Å². The quantitative estimate of drug-likeness (QED) is 0.523. The Kier molecular flexibility index (Phi) is 4.48. The third-order valence-electron chi connectivity index (χ3n) is 1.70. The van der Waals surface area contributed by atoms with E-state index in [4.69, 9.17) is 10.2 Å². The molecule has 0 amide bonds. The van der Waals surface area contributed by atoms with Gasteiger partial charge < -0.3 is 19.7 Å². The van der Waals surface area contributed by atoms with Gasteiger partial charge in [0.2, 0.25) is 0 Å². The predicted molar refractivity (Wildman–Crippen MR) is 46.3 cm³/mol. The van der Waals surface area contributed by atoms with E-state index in [0.29, 0.717) is 0 Å². The summed E-state index contributed by atoms with van der Waals surface area (Å²) in [5.74, 6) is 0. The van der Waals surface area contributed by atoms with Crippen molar-refractivity contribution in [2.24, 2.45) is 0 Å². The van der Waals surface area contributed by atoms with E-state index in [1.807, 2.05) is 0 Å². The molecule has 0 aliphatic carbocycles. The van der Waals surface area contributed by atoms with Crippen molar-refractivity contribution in [3.63, 3.8) is 0 Å². The van der Waals surface area contributed by atoms with Gasteiger partial charge in [-0.15, -0.1) is 0 Å². The van der Waals surface area contributed by atoms with Gasteiger partial charge in [0.05, 0.1) is 0 Å². The molecule has 6 heteroatoms. The topological polar surface area (TPSA) is 93.1 Å². The Morgan fingerprint density at radius 3 is 2.29 bits per heavy atom. The van der Waals surface area contributed by atoms with Crippen LogP contribution in [0.25, 0.3) is 0 Å². The van der Waals surface area contributed by atoms with Crippen molar-refractivity contribution in [2.75, 3.05) is 6.61 Å². The Morgan fingerprint density at radius 2 is 2.00 bits per heavy atom. The smallest absolute Gasteiger partial charge is 0.450 e. The second kappa shape index (κ2) is 5.11. The first kappa shape index (κ1) is 12.3. The lowest BCUT2D eigenvalue weighted by Crippen LogP contribution is -2.37. The summed E-state index contributed by atoms with van der Waals surface area (Å²) in [4.78, 5) is 20.4. The summed E-state index contributed by atoms with van der Waals surface area (Å²) in [7, 11) is 0. The number of hydrogen-bond acceptors (Lipinski definition) is 4. The first-order valence-electron chi connectivity index (χ1n) is 3.87. The van der Waals surface area contributed by atoms with Gasteiger partial charge in [-0.3, -0.25) is 0 Å². The lowest BCUT2D eigenvalue weighted by Gasteiger charge is -2.26. The standard InChI is InChI=1S/C8H12O6/c1-3-8(4-2,14-7(11)12)5-13-6(9)10/h3H,1,4-5H2,2H3,(H,9,10)(H,11,12). The fourth-order valence-corrected chi connectivity index (χ4v) is 0.806. The maximum Gasteiger partial charge on any atom is 0.506 e. The average molecular weight is 204 g/mol. The predicted octanol–water partition coefficient (Wildman–Crippen LogP) is 1.71. The molecule has 0 radical (unpaired) electrons. The zero-order chi connectivity index (χ0) is 11.2. The normalized spacial score (nSPS) is 13.8. The van der Waals surface area contributed by atoms with Crippen molar-refractivity contribution in [1.29, 1.82) is 0 Å². The van der Waals surface area contributed by atoms with Gasteiger partial charge in [0.25, 0.3) is 0 Å². The van der Waals surface area contributed by atoms with Crippen molar-refractivity contribution >= 4 is 12.3 Å². The van der Waals surface area contributed by atoms with Gasteiger partial charge in [0.15, 0.2) is 5.60 Å². The van der Waals surface area contributed by atoms with Gasteiger partial charge in [-0.2, -0.15) is 0 Å². The molecule has 80 valence electrons. The van der Waals surface area contributed by atoms with Crippen LogP contribution in [0.2, 0.25) is 0 Å². The van der Waals surface area contributed by atoms with Crippen molar-refractivity contribution in [2.45, 2.75) is 18.9 Å². The molecule has 0 bridgehead atoms. The summed E-state index contributed by atoms with van der Waals surface area (Å²) in [6, 6.07) is 0. The number of rotatable bonds is 5. The minimum atomic E-state index is -1.50. The van der Waals surface area contributed by atoms with E-state index >= 15 is 0 Å². The molecule has 2 N–H and O–H groups in total. The molecule has 0 aliphatic heterocycles. The molecule has 1 unspecified atom stereocenters. The first-order valence-corrected chi connectivity index (χ1v) is 3.87. The zero-order valence-corrected chi connectivity index (χ0v) is 7.73. The van der Waals surface area contributed by atoms with E-state index in [1.165, 1.54) is 6.08 Å². The third kappa shape index (κ3) is 3.79. The molecule has 0 rings (SSSR count). The second-order valence-electron chi connectivity index (χ2n) is 2.55. The number of hydrogen-bond donors (Lipinski definition) is 2. The minimum absolute atomic E-state index is 0.246.